The molecule has 0 radical (unpaired) electrons. The Balaban J connectivity index is 1.58. The van der Waals surface area contributed by atoms with Gasteiger partial charge in [-0.25, -0.2) is 8.78 Å². The van der Waals surface area contributed by atoms with E-state index >= 15 is 0 Å². The molecule has 2 aromatic carbocycles. The van der Waals surface area contributed by atoms with Crippen LogP contribution in [0.15, 0.2) is 59.5 Å². The van der Waals surface area contributed by atoms with Crippen LogP contribution in [0.4, 0.5) is 8.78 Å². The van der Waals surface area contributed by atoms with Gasteiger partial charge in [0.05, 0.1) is 12.1 Å². The molecular formula is C30H31F2N3O5. The molecule has 0 saturated heterocycles. The first-order valence-electron chi connectivity index (χ1n) is 13.1. The number of rotatable bonds is 9. The summed E-state index contributed by atoms with van der Waals surface area (Å²) in [5, 5.41) is 2.56. The number of fused-ring (bicyclic) bond motifs is 2. The highest BCUT2D eigenvalue weighted by molar-refractivity contribution is 5.99. The lowest BCUT2D eigenvalue weighted by Crippen LogP contribution is -2.52. The van der Waals surface area contributed by atoms with Crippen LogP contribution >= 0.6 is 0 Å². The highest BCUT2D eigenvalue weighted by Crippen LogP contribution is 2.54. The number of ether oxygens (including phenoxy) is 2. The maximum Gasteiger partial charge on any atom is 0.274 e. The predicted molar refractivity (Wildman–Crippen MR) is 143 cm³/mol. The summed E-state index contributed by atoms with van der Waals surface area (Å²) in [7, 11) is 1.61. The zero-order valence-electron chi connectivity index (χ0n) is 22.6. The molecular weight excluding hydrogens is 520 g/mol. The fourth-order valence-corrected chi connectivity index (χ4v) is 5.37. The van der Waals surface area contributed by atoms with Gasteiger partial charge in [-0.2, -0.15) is 0 Å². The maximum atomic E-state index is 14.2. The first kappa shape index (κ1) is 27.5. The molecule has 1 spiro atoms. The number of amides is 2. The van der Waals surface area contributed by atoms with Crippen LogP contribution in [0.25, 0.3) is 0 Å². The van der Waals surface area contributed by atoms with E-state index in [1.165, 1.54) is 12.3 Å². The zero-order valence-corrected chi connectivity index (χ0v) is 22.6. The summed E-state index contributed by atoms with van der Waals surface area (Å²) in [5.41, 5.74) is -0.597. The Kier molecular flexibility index (Phi) is 7.46. The number of hydrogen-bond donors (Lipinski definition) is 1. The first-order valence-corrected chi connectivity index (χ1v) is 13.1. The first-order chi connectivity index (χ1) is 19.2. The van der Waals surface area contributed by atoms with E-state index < -0.39 is 28.5 Å². The van der Waals surface area contributed by atoms with Gasteiger partial charge in [-0.3, -0.25) is 14.4 Å². The van der Waals surface area contributed by atoms with Crippen molar-refractivity contribution >= 4 is 11.8 Å². The van der Waals surface area contributed by atoms with Crippen LogP contribution in [0.1, 0.15) is 52.2 Å². The summed E-state index contributed by atoms with van der Waals surface area (Å²) in [6.07, 6.45) is 2.10. The van der Waals surface area contributed by atoms with Crippen LogP contribution in [-0.2, 0) is 23.4 Å². The average Bonchev–Trinajstić information content (AvgIpc) is 3.62. The third kappa shape index (κ3) is 4.99. The van der Waals surface area contributed by atoms with Crippen molar-refractivity contribution in [2.24, 2.45) is 5.92 Å². The Morgan fingerprint density at radius 3 is 2.58 bits per heavy atom. The van der Waals surface area contributed by atoms with Gasteiger partial charge in [0.25, 0.3) is 11.8 Å². The lowest BCUT2D eigenvalue weighted by molar-refractivity contribution is 0.0539. The number of pyridine rings is 1. The zero-order chi connectivity index (χ0) is 28.6. The van der Waals surface area contributed by atoms with Crippen molar-refractivity contribution in [2.45, 2.75) is 45.0 Å². The van der Waals surface area contributed by atoms with E-state index in [4.69, 9.17) is 9.47 Å². The molecule has 2 aliphatic rings. The number of nitrogens with zero attached hydrogens (tertiary/aromatic N) is 2. The van der Waals surface area contributed by atoms with E-state index in [0.717, 1.165) is 17.7 Å². The molecule has 8 nitrogen and oxygen atoms in total. The predicted octanol–water partition coefficient (Wildman–Crippen LogP) is 3.86. The van der Waals surface area contributed by atoms with Gasteiger partial charge in [0.2, 0.25) is 5.43 Å². The van der Waals surface area contributed by atoms with Gasteiger partial charge in [-0.1, -0.05) is 36.4 Å². The molecule has 2 atom stereocenters. The molecule has 1 aliphatic carbocycles. The Hall–Kier alpha value is -4.05. The van der Waals surface area contributed by atoms with E-state index in [1.807, 2.05) is 44.2 Å². The molecule has 1 fully saturated rings. The molecule has 2 heterocycles. The van der Waals surface area contributed by atoms with E-state index in [2.05, 4.69) is 5.32 Å². The van der Waals surface area contributed by atoms with Gasteiger partial charge in [0.15, 0.2) is 11.4 Å². The van der Waals surface area contributed by atoms with Gasteiger partial charge in [-0.05, 0) is 31.9 Å². The number of benzene rings is 2. The Labute approximate surface area is 230 Å². The van der Waals surface area contributed by atoms with Gasteiger partial charge >= 0.3 is 0 Å². The smallest absolute Gasteiger partial charge is 0.274 e. The summed E-state index contributed by atoms with van der Waals surface area (Å²) in [6, 6.07) is 12.1. The normalized spacial score (nSPS) is 19.6. The van der Waals surface area contributed by atoms with E-state index in [9.17, 15) is 23.2 Å². The minimum Gasteiger partial charge on any atom is -0.483 e. The van der Waals surface area contributed by atoms with Crippen LogP contribution in [0, 0.1) is 17.6 Å². The minimum absolute atomic E-state index is 0.0123. The molecule has 1 aliphatic heterocycles. The quantitative estimate of drug-likeness (QED) is 0.436. The number of carbonyl (C=O) groups is 2. The standard InChI is InChI=1S/C30H31F2N3O5/c1-18(2)34-17-30(12-21(30)16-39-3)35-14-23(28(37)33-13-20-9-10-22(31)11-24(20)32)26(36)27(25(35)29(34)38)40-15-19-7-5-4-6-8-19/h4-11,14,18,21H,12-13,15-17H2,1-3H3,(H,33,37)/t21-,30-/m1/s1. The summed E-state index contributed by atoms with van der Waals surface area (Å²) in [4.78, 5) is 42.6. The van der Waals surface area contributed by atoms with E-state index in [1.54, 1.807) is 16.6 Å². The SMILES string of the molecule is COC[C@H]1C[C@@]12CN(C(C)C)C(=O)c1c(OCc3ccccc3)c(=O)c(C(=O)NCc3ccc(F)cc3F)cn12. The molecule has 1 aromatic heterocycles. The molecule has 3 aromatic rings. The van der Waals surface area contributed by atoms with Crippen molar-refractivity contribution in [3.63, 3.8) is 0 Å². The Morgan fingerprint density at radius 1 is 1.15 bits per heavy atom. The van der Waals surface area contributed by atoms with Gasteiger partial charge in [0.1, 0.15) is 23.8 Å². The van der Waals surface area contributed by atoms with Crippen molar-refractivity contribution in [1.29, 1.82) is 0 Å². The molecule has 210 valence electrons. The molecule has 40 heavy (non-hydrogen) atoms. The molecule has 0 unspecified atom stereocenters. The Bertz CT molecular complexity index is 1510. The van der Waals surface area contributed by atoms with Crippen LogP contribution < -0.4 is 15.5 Å². The van der Waals surface area contributed by atoms with Crippen molar-refractivity contribution in [1.82, 2.24) is 14.8 Å². The number of methoxy groups -OCH3 is 1. The fraction of sp³-hybridized carbons (Fsp3) is 0.367. The second-order valence-corrected chi connectivity index (χ2v) is 10.6. The topological polar surface area (TPSA) is 89.9 Å². The van der Waals surface area contributed by atoms with Crippen LogP contribution in [0.5, 0.6) is 5.75 Å². The molecule has 1 N–H and O–H groups in total. The summed E-state index contributed by atoms with van der Waals surface area (Å²) in [6.45, 7) is 4.41. The number of aromatic nitrogens is 1. The lowest BCUT2D eigenvalue weighted by atomic mass is 10.0. The van der Waals surface area contributed by atoms with Gasteiger partial charge < -0.3 is 24.3 Å². The van der Waals surface area contributed by atoms with Gasteiger partial charge in [0, 0.05) is 50.0 Å². The number of carbonyl (C=O) groups excluding carboxylic acids is 2. The van der Waals surface area contributed by atoms with Crippen LogP contribution in [0.2, 0.25) is 0 Å². The van der Waals surface area contributed by atoms with Crippen molar-refractivity contribution in [3.05, 3.63) is 99.0 Å². The minimum atomic E-state index is -0.812. The molecule has 0 bridgehead atoms. The summed E-state index contributed by atoms with van der Waals surface area (Å²) >= 11 is 0. The molecule has 10 heteroatoms. The molecule has 5 rings (SSSR count). The van der Waals surface area contributed by atoms with Crippen molar-refractivity contribution in [3.8, 4) is 5.75 Å². The molecule has 2 amide bonds. The maximum absolute atomic E-state index is 14.2. The van der Waals surface area contributed by atoms with Gasteiger partial charge in [-0.15, -0.1) is 0 Å². The number of nitrogens with one attached hydrogen (secondary N) is 1. The summed E-state index contributed by atoms with van der Waals surface area (Å²) < 4.78 is 40.7. The number of halogens is 2. The lowest BCUT2D eigenvalue weighted by Gasteiger charge is -2.40. The second kappa shape index (κ2) is 10.8. The van der Waals surface area contributed by atoms with E-state index in [0.29, 0.717) is 19.6 Å². The summed E-state index contributed by atoms with van der Waals surface area (Å²) in [5.74, 6) is -2.81. The second-order valence-electron chi connectivity index (χ2n) is 10.6. The van der Waals surface area contributed by atoms with Crippen molar-refractivity contribution in [2.75, 3.05) is 20.3 Å². The van der Waals surface area contributed by atoms with Crippen LogP contribution in [0.3, 0.4) is 0 Å². The van der Waals surface area contributed by atoms with Crippen molar-refractivity contribution < 1.29 is 27.8 Å². The Morgan fingerprint density at radius 2 is 1.90 bits per heavy atom. The highest BCUT2D eigenvalue weighted by Gasteiger charge is 2.61. The largest absolute Gasteiger partial charge is 0.483 e. The third-order valence-corrected chi connectivity index (χ3v) is 7.67. The third-order valence-electron chi connectivity index (χ3n) is 7.67. The highest BCUT2D eigenvalue weighted by atomic mass is 19.1. The fourth-order valence-electron chi connectivity index (χ4n) is 5.37. The van der Waals surface area contributed by atoms with E-state index in [-0.39, 0.29) is 53.6 Å². The van der Waals surface area contributed by atoms with Crippen LogP contribution in [-0.4, -0.2) is 47.6 Å². The average molecular weight is 552 g/mol. The molecule has 1 saturated carbocycles. The monoisotopic (exact) mass is 551 g/mol. The number of hydrogen-bond acceptors (Lipinski definition) is 5.